The van der Waals surface area contributed by atoms with Crippen molar-refractivity contribution in [1.29, 1.82) is 0 Å². The number of aliphatic hydroxyl groups excluding tert-OH is 2. The lowest BCUT2D eigenvalue weighted by Gasteiger charge is -2.32. The van der Waals surface area contributed by atoms with Crippen molar-refractivity contribution in [2.45, 2.75) is 167 Å². The second-order valence-electron chi connectivity index (χ2n) is 18.1. The summed E-state index contributed by atoms with van der Waals surface area (Å²) in [6.45, 7) is 12.1. The molecule has 1 rings (SSSR count). The van der Waals surface area contributed by atoms with E-state index in [0.717, 1.165) is 6.92 Å². The van der Waals surface area contributed by atoms with Crippen LogP contribution in [0.5, 0.6) is 0 Å². The summed E-state index contributed by atoms with van der Waals surface area (Å²) in [5.41, 5.74) is 16.4. The van der Waals surface area contributed by atoms with Gasteiger partial charge < -0.3 is 79.7 Å². The number of likely N-dealkylation sites (tertiary alicyclic amines) is 1. The quantitative estimate of drug-likeness (QED) is 0.0332. The molecule has 0 aromatic rings. The van der Waals surface area contributed by atoms with Crippen molar-refractivity contribution in [1.82, 2.24) is 42.1 Å². The Morgan fingerprint density at radius 1 is 0.565 bits per heavy atom. The lowest BCUT2D eigenvalue weighted by Crippen LogP contribution is -2.62. The van der Waals surface area contributed by atoms with Crippen LogP contribution < -0.4 is 54.4 Å². The Morgan fingerprint density at radius 2 is 1.01 bits per heavy atom. The second kappa shape index (κ2) is 28.1. The van der Waals surface area contributed by atoms with Gasteiger partial charge in [0.1, 0.15) is 54.4 Å². The lowest BCUT2D eigenvalue weighted by atomic mass is 10.0. The zero-order valence-electron chi connectivity index (χ0n) is 40.1. The van der Waals surface area contributed by atoms with Gasteiger partial charge in [-0.2, -0.15) is 0 Å². The normalized spacial score (nSPS) is 17.9. The van der Waals surface area contributed by atoms with Gasteiger partial charge in [0.2, 0.25) is 59.1 Å². The summed E-state index contributed by atoms with van der Waals surface area (Å²) in [5.74, 6) is -14.8. The smallest absolute Gasteiger partial charge is 0.326 e. The molecule has 69 heavy (non-hydrogen) atoms. The summed E-state index contributed by atoms with van der Waals surface area (Å²) in [7, 11) is 0. The molecule has 11 atom stereocenters. The van der Waals surface area contributed by atoms with E-state index in [0.29, 0.717) is 6.42 Å². The van der Waals surface area contributed by atoms with Crippen LogP contribution in [0.4, 0.5) is 0 Å². The monoisotopic (exact) mass is 986 g/mol. The molecule has 10 amide bonds. The molecular formula is C42H71N11O16. The van der Waals surface area contributed by atoms with Crippen molar-refractivity contribution in [3.63, 3.8) is 0 Å². The maximum Gasteiger partial charge on any atom is 0.326 e. The van der Waals surface area contributed by atoms with Gasteiger partial charge in [-0.3, -0.25) is 52.7 Å². The summed E-state index contributed by atoms with van der Waals surface area (Å²) in [4.78, 5) is 157. The molecule has 0 radical (unpaired) electrons. The fourth-order valence-corrected chi connectivity index (χ4v) is 7.02. The van der Waals surface area contributed by atoms with Gasteiger partial charge in [0.05, 0.1) is 25.0 Å². The standard InChI is InChI=1S/C42H71N11O16/c1-17(2)14-23(49-39(65)30(45)20(7)54)36(62)52-33(21(8)55)40(66)46-22(11-12-29(58)59)34(60)47-24(15-27(43)56)35(61)48-25(16-28(44)57)37(63)50-31(18(3)4)41(67)53-13-9-10-26(53)38(64)51-32(19(5)6)42(68)69/h17-26,30-33,54-55H,9-16,45H2,1-8H3,(H2,43,56)(H2,44,57)(H,46,66)(H,47,60)(H,48,61)(H,49,65)(H,50,63)(H,51,64)(H,52,62)(H,58,59)(H,68,69)/t20-,21-,22+,23+,24+,25+,26+,30+,31+,32+,33+/m1/s1. The predicted octanol–water partition coefficient (Wildman–Crippen LogP) is -5.48. The molecule has 27 heteroatoms. The fourth-order valence-electron chi connectivity index (χ4n) is 7.02. The lowest BCUT2D eigenvalue weighted by molar-refractivity contribution is -0.146. The summed E-state index contributed by atoms with van der Waals surface area (Å²) < 4.78 is 0. The third-order valence-electron chi connectivity index (χ3n) is 10.9. The first kappa shape index (κ1) is 60.5. The van der Waals surface area contributed by atoms with Crippen LogP contribution in [0.25, 0.3) is 0 Å². The first-order valence-electron chi connectivity index (χ1n) is 22.5. The summed E-state index contributed by atoms with van der Waals surface area (Å²) >= 11 is 0. The summed E-state index contributed by atoms with van der Waals surface area (Å²) in [5, 5.41) is 55.4. The number of rotatable bonds is 29. The number of primary amides is 2. The Labute approximate surface area is 398 Å². The van der Waals surface area contributed by atoms with E-state index in [1.807, 2.05) is 0 Å². The van der Waals surface area contributed by atoms with Crippen LogP contribution in [0.3, 0.4) is 0 Å². The first-order chi connectivity index (χ1) is 31.9. The Bertz CT molecular complexity index is 1890. The largest absolute Gasteiger partial charge is 0.481 e. The SMILES string of the molecule is CC(C)C[C@H](NC(=O)[C@@H](N)[C@@H](C)O)C(=O)N[C@H](C(=O)N[C@@H](CCC(=O)O)C(=O)N[C@@H](CC(N)=O)C(=O)N[C@@H](CC(N)=O)C(=O)N[C@H](C(=O)N1CCC[C@H]1C(=O)N[C@H](C(=O)O)C(C)C)C(C)C)[C@@H](C)O. The van der Waals surface area contributed by atoms with E-state index in [1.54, 1.807) is 41.5 Å². The number of nitrogens with two attached hydrogens (primary N) is 3. The van der Waals surface area contributed by atoms with Crippen LogP contribution in [0, 0.1) is 17.8 Å². The number of nitrogens with one attached hydrogen (secondary N) is 7. The highest BCUT2D eigenvalue weighted by atomic mass is 16.4. The number of carboxylic acid groups (broad SMARTS) is 2. The minimum absolute atomic E-state index is 0.000713. The number of nitrogens with zero attached hydrogens (tertiary/aromatic N) is 1. The molecule has 0 spiro atoms. The third kappa shape index (κ3) is 20.0. The molecule has 0 unspecified atom stereocenters. The number of hydrogen-bond acceptors (Lipinski definition) is 15. The molecule has 0 saturated carbocycles. The van der Waals surface area contributed by atoms with Crippen LogP contribution in [-0.2, 0) is 57.5 Å². The van der Waals surface area contributed by atoms with E-state index in [-0.39, 0.29) is 25.3 Å². The van der Waals surface area contributed by atoms with Gasteiger partial charge in [-0.05, 0) is 57.3 Å². The molecule has 1 aliphatic heterocycles. The van der Waals surface area contributed by atoms with E-state index in [1.165, 1.54) is 11.8 Å². The predicted molar refractivity (Wildman–Crippen MR) is 241 cm³/mol. The van der Waals surface area contributed by atoms with Crippen LogP contribution in [0.1, 0.15) is 100 Å². The zero-order valence-corrected chi connectivity index (χ0v) is 40.1. The molecule has 0 bridgehead atoms. The van der Waals surface area contributed by atoms with Crippen molar-refractivity contribution >= 4 is 71.0 Å². The number of amides is 10. The van der Waals surface area contributed by atoms with E-state index in [9.17, 15) is 78.0 Å². The molecule has 1 heterocycles. The molecule has 0 aromatic carbocycles. The molecule has 27 nitrogen and oxygen atoms in total. The fraction of sp³-hybridized carbons (Fsp3) is 0.714. The van der Waals surface area contributed by atoms with E-state index in [2.05, 4.69) is 37.2 Å². The summed E-state index contributed by atoms with van der Waals surface area (Å²) in [6.07, 6.45) is -5.76. The topological polar surface area (TPSA) is 451 Å². The Kier molecular flexibility index (Phi) is 24.7. The van der Waals surface area contributed by atoms with Crippen molar-refractivity contribution < 1.29 is 78.0 Å². The minimum atomic E-state index is -1.98. The van der Waals surface area contributed by atoms with Gasteiger partial charge in [0, 0.05) is 13.0 Å². The van der Waals surface area contributed by atoms with Crippen molar-refractivity contribution in [3.05, 3.63) is 0 Å². The number of hydrogen-bond donors (Lipinski definition) is 14. The number of carboxylic acids is 2. The Hall–Kier alpha value is -6.48. The number of carbonyl (C=O) groups excluding carboxylic acids is 10. The Balaban J connectivity index is 3.42. The molecule has 1 fully saturated rings. The highest BCUT2D eigenvalue weighted by Gasteiger charge is 2.42. The highest BCUT2D eigenvalue weighted by molar-refractivity contribution is 6.00. The van der Waals surface area contributed by atoms with Gasteiger partial charge in [0.15, 0.2) is 0 Å². The van der Waals surface area contributed by atoms with Crippen molar-refractivity contribution in [2.75, 3.05) is 6.54 Å². The maximum atomic E-state index is 13.9. The van der Waals surface area contributed by atoms with Gasteiger partial charge in [-0.1, -0.05) is 41.5 Å². The Morgan fingerprint density at radius 3 is 1.45 bits per heavy atom. The van der Waals surface area contributed by atoms with Crippen LogP contribution >= 0.6 is 0 Å². The molecule has 17 N–H and O–H groups in total. The minimum Gasteiger partial charge on any atom is -0.481 e. The highest BCUT2D eigenvalue weighted by Crippen LogP contribution is 2.21. The van der Waals surface area contributed by atoms with Gasteiger partial charge in [-0.25, -0.2) is 4.79 Å². The van der Waals surface area contributed by atoms with Gasteiger partial charge >= 0.3 is 11.9 Å². The van der Waals surface area contributed by atoms with Gasteiger partial charge in [0.25, 0.3) is 0 Å². The third-order valence-corrected chi connectivity index (χ3v) is 10.9. The van der Waals surface area contributed by atoms with Crippen LogP contribution in [0.2, 0.25) is 0 Å². The molecule has 0 aromatic heterocycles. The van der Waals surface area contributed by atoms with E-state index >= 15 is 0 Å². The van der Waals surface area contributed by atoms with Crippen LogP contribution in [-0.4, -0.2) is 169 Å². The van der Waals surface area contributed by atoms with E-state index in [4.69, 9.17) is 17.2 Å². The molecule has 1 aliphatic rings. The average molecular weight is 986 g/mol. The molecular weight excluding hydrogens is 915 g/mol. The number of carbonyl (C=O) groups is 12. The van der Waals surface area contributed by atoms with Gasteiger partial charge in [-0.15, -0.1) is 0 Å². The number of aliphatic carboxylic acids is 2. The second-order valence-corrected chi connectivity index (χ2v) is 18.1. The van der Waals surface area contributed by atoms with E-state index < -0.39 is 175 Å². The molecule has 0 aliphatic carbocycles. The number of aliphatic hydroxyl groups is 2. The van der Waals surface area contributed by atoms with Crippen molar-refractivity contribution in [3.8, 4) is 0 Å². The first-order valence-corrected chi connectivity index (χ1v) is 22.5. The van der Waals surface area contributed by atoms with Crippen molar-refractivity contribution in [2.24, 2.45) is 35.0 Å². The summed E-state index contributed by atoms with van der Waals surface area (Å²) in [6, 6.07) is -14.1. The molecule has 1 saturated heterocycles. The maximum absolute atomic E-state index is 13.9. The molecule has 390 valence electrons. The van der Waals surface area contributed by atoms with Crippen LogP contribution in [0.15, 0.2) is 0 Å². The zero-order chi connectivity index (χ0) is 53.2. The average Bonchev–Trinajstić information content (AvgIpc) is 3.73.